The molecule has 2 heterocycles. The number of aliphatic hydroxyl groups excluding tert-OH is 1. The van der Waals surface area contributed by atoms with Crippen molar-refractivity contribution in [2.45, 2.75) is 37.8 Å². The summed E-state index contributed by atoms with van der Waals surface area (Å²) in [4.78, 5) is 25.8. The van der Waals surface area contributed by atoms with Gasteiger partial charge in [0.25, 0.3) is 0 Å². The lowest BCUT2D eigenvalue weighted by Crippen LogP contribution is -2.28. The minimum atomic E-state index is -0.990. The van der Waals surface area contributed by atoms with Crippen molar-refractivity contribution in [2.24, 2.45) is 0 Å². The topological polar surface area (TPSA) is 101 Å². The zero-order chi connectivity index (χ0) is 23.9. The molecule has 6 rings (SSSR count). The van der Waals surface area contributed by atoms with Crippen molar-refractivity contribution in [3.05, 3.63) is 78.5 Å². The van der Waals surface area contributed by atoms with Crippen LogP contribution in [0.4, 0.5) is 0 Å². The van der Waals surface area contributed by atoms with Gasteiger partial charge >= 0.3 is 5.97 Å². The second-order valence-corrected chi connectivity index (χ2v) is 9.06. The van der Waals surface area contributed by atoms with Crippen molar-refractivity contribution < 1.29 is 15.0 Å². The molecule has 0 saturated heterocycles. The van der Waals surface area contributed by atoms with Crippen LogP contribution in [0.25, 0.3) is 44.7 Å². The number of aliphatic hydroxyl groups is 1. The summed E-state index contributed by atoms with van der Waals surface area (Å²) in [5.41, 5.74) is 5.81. The zero-order valence-corrected chi connectivity index (χ0v) is 19.0. The lowest BCUT2D eigenvalue weighted by molar-refractivity contribution is 0.0696. The lowest BCUT2D eigenvalue weighted by atomic mass is 9.92. The first-order valence-corrected chi connectivity index (χ1v) is 11.8. The molecule has 7 nitrogen and oxygen atoms in total. The van der Waals surface area contributed by atoms with E-state index in [4.69, 9.17) is 9.97 Å². The number of hydrogen-bond donors (Lipinski definition) is 2. The van der Waals surface area contributed by atoms with E-state index in [1.54, 1.807) is 24.4 Å². The molecule has 1 saturated carbocycles. The van der Waals surface area contributed by atoms with E-state index in [1.807, 2.05) is 48.5 Å². The molecule has 0 spiro atoms. The molecule has 7 heteroatoms. The first kappa shape index (κ1) is 21.4. The number of benzene rings is 3. The van der Waals surface area contributed by atoms with Gasteiger partial charge < -0.3 is 14.8 Å². The molecule has 174 valence electrons. The highest BCUT2D eigenvalue weighted by Gasteiger charge is 2.29. The molecule has 2 N–H and O–H groups in total. The second kappa shape index (κ2) is 8.60. The fourth-order valence-corrected chi connectivity index (χ4v) is 5.06. The van der Waals surface area contributed by atoms with Gasteiger partial charge in [-0.25, -0.2) is 14.8 Å². The fourth-order valence-electron chi connectivity index (χ4n) is 5.06. The number of carbonyl (C=O) groups is 1. The van der Waals surface area contributed by atoms with Crippen molar-refractivity contribution >= 4 is 28.0 Å². The Labute approximate surface area is 201 Å². The summed E-state index contributed by atoms with van der Waals surface area (Å²) in [6.45, 7) is 0. The average molecular weight is 465 g/mol. The molecule has 1 fully saturated rings. The van der Waals surface area contributed by atoms with Gasteiger partial charge in [0.2, 0.25) is 0 Å². The SMILES string of the molecule is O=C(O)c1ccc2c(c1)nc(-c1ccc3nc(-c4ccccc4)cnc3c1)n2C1CCCC[C@@H]1O. The van der Waals surface area contributed by atoms with Crippen LogP contribution in [0.1, 0.15) is 42.1 Å². The smallest absolute Gasteiger partial charge is 0.335 e. The number of fused-ring (bicyclic) bond motifs is 2. The Bertz CT molecular complexity index is 1560. The molecule has 1 aliphatic rings. The molecular formula is C28H24N4O3. The third kappa shape index (κ3) is 3.84. The van der Waals surface area contributed by atoms with Gasteiger partial charge in [-0.05, 0) is 49.2 Å². The summed E-state index contributed by atoms with van der Waals surface area (Å²) >= 11 is 0. The number of carboxylic acids is 1. The highest BCUT2D eigenvalue weighted by molar-refractivity contribution is 5.93. The maximum atomic E-state index is 11.5. The van der Waals surface area contributed by atoms with E-state index in [2.05, 4.69) is 9.55 Å². The van der Waals surface area contributed by atoms with Crippen molar-refractivity contribution in [3.8, 4) is 22.6 Å². The van der Waals surface area contributed by atoms with Crippen molar-refractivity contribution in [1.82, 2.24) is 19.5 Å². The minimum absolute atomic E-state index is 0.123. The Kier molecular flexibility index (Phi) is 5.26. The van der Waals surface area contributed by atoms with E-state index in [1.165, 1.54) is 0 Å². The van der Waals surface area contributed by atoms with Crippen LogP contribution in [0.3, 0.4) is 0 Å². The third-order valence-electron chi connectivity index (χ3n) is 6.83. The molecule has 2 aromatic heterocycles. The van der Waals surface area contributed by atoms with Crippen LogP contribution in [0, 0.1) is 0 Å². The summed E-state index contributed by atoms with van der Waals surface area (Å²) in [5, 5.41) is 20.3. The normalized spacial score (nSPS) is 18.2. The highest BCUT2D eigenvalue weighted by atomic mass is 16.4. The van der Waals surface area contributed by atoms with Crippen molar-refractivity contribution in [2.75, 3.05) is 0 Å². The molecule has 0 radical (unpaired) electrons. The molecule has 0 aliphatic heterocycles. The molecule has 35 heavy (non-hydrogen) atoms. The maximum absolute atomic E-state index is 11.5. The van der Waals surface area contributed by atoms with E-state index in [-0.39, 0.29) is 11.6 Å². The van der Waals surface area contributed by atoms with Crippen LogP contribution in [0.5, 0.6) is 0 Å². The fraction of sp³-hybridized carbons (Fsp3) is 0.214. The molecule has 1 aliphatic carbocycles. The average Bonchev–Trinajstić information content (AvgIpc) is 3.27. The summed E-state index contributed by atoms with van der Waals surface area (Å²) in [6.07, 6.45) is 4.90. The summed E-state index contributed by atoms with van der Waals surface area (Å²) < 4.78 is 2.08. The van der Waals surface area contributed by atoms with Crippen molar-refractivity contribution in [3.63, 3.8) is 0 Å². The van der Waals surface area contributed by atoms with Gasteiger partial charge in [0.1, 0.15) is 5.82 Å². The number of imidazole rings is 1. The molecular weight excluding hydrogens is 440 g/mol. The monoisotopic (exact) mass is 464 g/mol. The predicted octanol–water partition coefficient (Wildman–Crippen LogP) is 5.49. The maximum Gasteiger partial charge on any atom is 0.335 e. The lowest BCUT2D eigenvalue weighted by Gasteiger charge is -2.30. The largest absolute Gasteiger partial charge is 0.478 e. The molecule has 2 atom stereocenters. The Balaban J connectivity index is 1.50. The van der Waals surface area contributed by atoms with Crippen LogP contribution in [0.2, 0.25) is 0 Å². The zero-order valence-electron chi connectivity index (χ0n) is 19.0. The van der Waals surface area contributed by atoms with Gasteiger partial charge in [-0.1, -0.05) is 43.2 Å². The molecule has 5 aromatic rings. The van der Waals surface area contributed by atoms with Crippen LogP contribution in [-0.2, 0) is 0 Å². The Hall–Kier alpha value is -4.10. The summed E-state index contributed by atoms with van der Waals surface area (Å²) in [7, 11) is 0. The molecule has 0 bridgehead atoms. The quantitative estimate of drug-likeness (QED) is 0.365. The van der Waals surface area contributed by atoms with Crippen LogP contribution >= 0.6 is 0 Å². The van der Waals surface area contributed by atoms with Crippen LogP contribution < -0.4 is 0 Å². The van der Waals surface area contributed by atoms with E-state index >= 15 is 0 Å². The van der Waals surface area contributed by atoms with E-state index in [0.29, 0.717) is 11.3 Å². The van der Waals surface area contributed by atoms with Crippen LogP contribution in [-0.4, -0.2) is 41.8 Å². The Morgan fingerprint density at radius 1 is 0.857 bits per heavy atom. The van der Waals surface area contributed by atoms with Crippen LogP contribution in [0.15, 0.2) is 72.9 Å². The predicted molar refractivity (Wildman–Crippen MR) is 134 cm³/mol. The number of nitrogens with zero attached hydrogens (tertiary/aromatic N) is 4. The first-order chi connectivity index (χ1) is 17.1. The van der Waals surface area contributed by atoms with Gasteiger partial charge in [0.05, 0.1) is 51.7 Å². The number of aromatic carboxylic acids is 1. The molecule has 3 aromatic carbocycles. The van der Waals surface area contributed by atoms with Gasteiger partial charge in [0.15, 0.2) is 0 Å². The molecule has 0 amide bonds. The number of carboxylic acid groups (broad SMARTS) is 1. The van der Waals surface area contributed by atoms with Gasteiger partial charge in [-0.15, -0.1) is 0 Å². The Morgan fingerprint density at radius 2 is 1.69 bits per heavy atom. The van der Waals surface area contributed by atoms with Crippen molar-refractivity contribution in [1.29, 1.82) is 0 Å². The van der Waals surface area contributed by atoms with E-state index in [9.17, 15) is 15.0 Å². The number of rotatable bonds is 4. The third-order valence-corrected chi connectivity index (χ3v) is 6.83. The van der Waals surface area contributed by atoms with Gasteiger partial charge in [0, 0.05) is 11.1 Å². The second-order valence-electron chi connectivity index (χ2n) is 9.06. The van der Waals surface area contributed by atoms with E-state index in [0.717, 1.165) is 59.1 Å². The standard InChI is InChI=1S/C28H24N4O3/c33-26-9-5-4-8-25(26)32-24-13-11-19(28(34)35)15-22(24)31-27(32)18-10-12-20-21(14-18)29-16-23(30-20)17-6-2-1-3-7-17/h1-3,6-7,10-16,25-26,33H,4-5,8-9H2,(H,34,35)/t25?,26-/m0/s1. The minimum Gasteiger partial charge on any atom is -0.478 e. The summed E-state index contributed by atoms with van der Waals surface area (Å²) in [6, 6.07) is 20.7. The van der Waals surface area contributed by atoms with E-state index < -0.39 is 12.1 Å². The highest BCUT2D eigenvalue weighted by Crippen LogP contribution is 2.37. The Morgan fingerprint density at radius 3 is 2.49 bits per heavy atom. The number of hydrogen-bond acceptors (Lipinski definition) is 5. The number of aromatic nitrogens is 4. The van der Waals surface area contributed by atoms with Gasteiger partial charge in [-0.3, -0.25) is 4.98 Å². The molecule has 1 unspecified atom stereocenters. The first-order valence-electron chi connectivity index (χ1n) is 11.8. The summed E-state index contributed by atoms with van der Waals surface area (Å²) in [5.74, 6) is -0.291. The van der Waals surface area contributed by atoms with Gasteiger partial charge in [-0.2, -0.15) is 0 Å².